The molecule has 4 N–H and O–H groups in total. The van der Waals surface area contributed by atoms with Gasteiger partial charge in [-0.15, -0.1) is 0 Å². The van der Waals surface area contributed by atoms with Crippen molar-refractivity contribution < 1.29 is 42.7 Å². The molecule has 4 heterocycles. The van der Waals surface area contributed by atoms with E-state index >= 15 is 0 Å². The van der Waals surface area contributed by atoms with Crippen LogP contribution in [0.5, 0.6) is 0 Å². The number of halogens is 2. The first-order chi connectivity index (χ1) is 27.2. The Morgan fingerprint density at radius 1 is 0.912 bits per heavy atom. The van der Waals surface area contributed by atoms with Gasteiger partial charge in [-0.2, -0.15) is 0 Å². The zero-order valence-electron chi connectivity index (χ0n) is 32.2. The standard InChI is InChI=1S/C40H49ClFN7O8/c1-22-8-6-9-25(16-22)18-29(46-40(56)45-28-13-12-26(41)19-27(28)42)34(50)44-30-21-57-39(55)33-17-23(2)20-49(33)36(52)24(3)43-35(51)31-10-4-5-14-47(31)38(54)32-11-7-15-48(32)37(30)53/h6,8-9,12-13,16,19,23-24,29-33H,4-5,7,10-11,14-15,17-18,20-21H2,1-3H3,(H,43,51)(H,44,50)(H2,45,46,56)/t23-,24+,29+,30+,31+,32+,33+/m1/s1. The van der Waals surface area contributed by atoms with Crippen LogP contribution in [0, 0.1) is 18.7 Å². The van der Waals surface area contributed by atoms with E-state index in [4.69, 9.17) is 16.3 Å². The van der Waals surface area contributed by atoms with Gasteiger partial charge in [-0.1, -0.05) is 48.4 Å². The lowest BCUT2D eigenvalue weighted by Crippen LogP contribution is -2.62. The van der Waals surface area contributed by atoms with Crippen LogP contribution < -0.4 is 21.3 Å². The molecule has 4 aliphatic heterocycles. The summed E-state index contributed by atoms with van der Waals surface area (Å²) in [5, 5.41) is 10.5. The molecule has 17 heteroatoms. The van der Waals surface area contributed by atoms with Gasteiger partial charge in [0.15, 0.2) is 0 Å². The number of rotatable bonds is 6. The monoisotopic (exact) mass is 809 g/mol. The second-order valence-electron chi connectivity index (χ2n) is 15.5. The molecule has 2 aromatic carbocycles. The fourth-order valence-electron chi connectivity index (χ4n) is 8.18. The lowest BCUT2D eigenvalue weighted by molar-refractivity contribution is -0.158. The number of cyclic esters (lactones) is 1. The summed E-state index contributed by atoms with van der Waals surface area (Å²) in [7, 11) is 0. The summed E-state index contributed by atoms with van der Waals surface area (Å²) in [5.41, 5.74) is 1.37. The van der Waals surface area contributed by atoms with Crippen molar-refractivity contribution in [3.05, 3.63) is 64.4 Å². The Balaban J connectivity index is 1.31. The number of nitrogens with one attached hydrogen (secondary N) is 4. The molecular weight excluding hydrogens is 761 g/mol. The molecule has 0 saturated carbocycles. The molecular formula is C40H49ClFN7O8. The van der Waals surface area contributed by atoms with E-state index in [-0.39, 0.29) is 49.1 Å². The zero-order valence-corrected chi connectivity index (χ0v) is 33.0. The molecule has 4 fully saturated rings. The minimum Gasteiger partial charge on any atom is -0.461 e. The first-order valence-electron chi connectivity index (χ1n) is 19.5. The molecule has 6 rings (SSSR count). The molecule has 15 nitrogen and oxygen atoms in total. The van der Waals surface area contributed by atoms with E-state index in [1.165, 1.54) is 26.8 Å². The molecule has 7 atom stereocenters. The number of carbonyl (C=O) groups excluding carboxylic acids is 7. The van der Waals surface area contributed by atoms with E-state index < -0.39 is 90.2 Å². The van der Waals surface area contributed by atoms with E-state index in [1.54, 1.807) is 19.1 Å². The average molecular weight is 810 g/mol. The van der Waals surface area contributed by atoms with E-state index in [1.807, 2.05) is 26.0 Å². The summed E-state index contributed by atoms with van der Waals surface area (Å²) in [6.45, 7) is 5.33. The number of hydrogen-bond acceptors (Lipinski definition) is 8. The average Bonchev–Trinajstić information content (AvgIpc) is 3.83. The maximum absolute atomic E-state index is 14.6. The number of ether oxygens (including phenoxy) is 1. The van der Waals surface area contributed by atoms with E-state index in [9.17, 15) is 38.0 Å². The Labute approximate surface area is 335 Å². The van der Waals surface area contributed by atoms with Gasteiger partial charge >= 0.3 is 12.0 Å². The molecule has 0 bridgehead atoms. The molecule has 306 valence electrons. The van der Waals surface area contributed by atoms with Crippen LogP contribution in [0.15, 0.2) is 42.5 Å². The van der Waals surface area contributed by atoms with Crippen molar-refractivity contribution in [2.45, 2.75) is 102 Å². The SMILES string of the molecule is Cc1cccc(C[C@H](NC(=O)Nc2ccc(Cl)cc2F)C(=O)N[C@H]2COC(=O)[C@@H]3C[C@@H](C)CN3C(=O)[C@H](C)NC(=O)[C@@H]3CCCCN3C(=O)[C@@H]3CCCN3C2=O)c1. The van der Waals surface area contributed by atoms with Crippen LogP contribution in [-0.2, 0) is 39.9 Å². The molecule has 0 aromatic heterocycles. The predicted molar refractivity (Wildman–Crippen MR) is 206 cm³/mol. The Kier molecular flexibility index (Phi) is 13.0. The minimum atomic E-state index is -1.51. The molecule has 0 unspecified atom stereocenters. The molecule has 57 heavy (non-hydrogen) atoms. The number of amides is 7. The quantitative estimate of drug-likeness (QED) is 0.321. The van der Waals surface area contributed by atoms with Gasteiger partial charge in [-0.25, -0.2) is 14.0 Å². The summed E-state index contributed by atoms with van der Waals surface area (Å²) < 4.78 is 20.3. The summed E-state index contributed by atoms with van der Waals surface area (Å²) in [5.74, 6) is -4.58. The van der Waals surface area contributed by atoms with Crippen molar-refractivity contribution in [1.29, 1.82) is 0 Å². The van der Waals surface area contributed by atoms with Gasteiger partial charge < -0.3 is 40.7 Å². The van der Waals surface area contributed by atoms with Gasteiger partial charge in [-0.3, -0.25) is 24.0 Å². The second kappa shape index (κ2) is 17.9. The number of carbonyl (C=O) groups is 7. The summed E-state index contributed by atoms with van der Waals surface area (Å²) in [6, 6.07) is 3.34. The topological polar surface area (TPSA) is 187 Å². The van der Waals surface area contributed by atoms with Gasteiger partial charge in [0.05, 0.1) is 5.69 Å². The van der Waals surface area contributed by atoms with Crippen LogP contribution in [0.1, 0.15) is 63.5 Å². The molecule has 7 amide bonds. The number of benzene rings is 2. The Bertz CT molecular complexity index is 1920. The number of piperidine rings is 1. The molecule has 0 spiro atoms. The van der Waals surface area contributed by atoms with Crippen LogP contribution in [-0.4, -0.2) is 119 Å². The van der Waals surface area contributed by atoms with Crippen LogP contribution in [0.25, 0.3) is 0 Å². The fraction of sp³-hybridized carbons (Fsp3) is 0.525. The number of fused-ring (bicyclic) bond motifs is 3. The summed E-state index contributed by atoms with van der Waals surface area (Å²) >= 11 is 5.87. The highest BCUT2D eigenvalue weighted by Crippen LogP contribution is 2.28. The highest BCUT2D eigenvalue weighted by Gasteiger charge is 2.46. The molecule has 0 radical (unpaired) electrons. The Morgan fingerprint density at radius 3 is 2.40 bits per heavy atom. The van der Waals surface area contributed by atoms with Crippen molar-refractivity contribution in [2.24, 2.45) is 5.92 Å². The Hall–Kier alpha value is -5.25. The number of anilines is 1. The van der Waals surface area contributed by atoms with Crippen molar-refractivity contribution >= 4 is 58.8 Å². The van der Waals surface area contributed by atoms with Crippen molar-refractivity contribution in [3.63, 3.8) is 0 Å². The smallest absolute Gasteiger partial charge is 0.328 e. The van der Waals surface area contributed by atoms with Crippen molar-refractivity contribution in [3.8, 4) is 0 Å². The lowest BCUT2D eigenvalue weighted by Gasteiger charge is -2.39. The van der Waals surface area contributed by atoms with Gasteiger partial charge in [0.2, 0.25) is 29.5 Å². The highest BCUT2D eigenvalue weighted by molar-refractivity contribution is 6.30. The van der Waals surface area contributed by atoms with Crippen molar-refractivity contribution in [1.82, 2.24) is 30.7 Å². The molecule has 4 aliphatic rings. The van der Waals surface area contributed by atoms with Crippen LogP contribution in [0.2, 0.25) is 5.02 Å². The largest absolute Gasteiger partial charge is 0.461 e. The number of hydrogen-bond donors (Lipinski definition) is 4. The third-order valence-corrected chi connectivity index (χ3v) is 11.3. The third kappa shape index (κ3) is 9.66. The van der Waals surface area contributed by atoms with Gasteiger partial charge in [0, 0.05) is 31.1 Å². The van der Waals surface area contributed by atoms with Gasteiger partial charge in [0.25, 0.3) is 0 Å². The normalized spacial score (nSPS) is 26.5. The van der Waals surface area contributed by atoms with Gasteiger partial charge in [0.1, 0.15) is 48.7 Å². The summed E-state index contributed by atoms with van der Waals surface area (Å²) in [6.07, 6.45) is 2.73. The third-order valence-electron chi connectivity index (χ3n) is 11.0. The lowest BCUT2D eigenvalue weighted by atomic mass is 9.99. The van der Waals surface area contributed by atoms with Crippen LogP contribution >= 0.6 is 11.6 Å². The predicted octanol–water partition coefficient (Wildman–Crippen LogP) is 2.68. The maximum Gasteiger partial charge on any atom is 0.328 e. The Morgan fingerprint density at radius 2 is 1.65 bits per heavy atom. The summed E-state index contributed by atoms with van der Waals surface area (Å²) in [4.78, 5) is 102. The highest BCUT2D eigenvalue weighted by atomic mass is 35.5. The number of urea groups is 1. The molecule has 2 aromatic rings. The second-order valence-corrected chi connectivity index (χ2v) is 15.9. The van der Waals surface area contributed by atoms with Gasteiger partial charge in [-0.05, 0) is 82.1 Å². The minimum absolute atomic E-state index is 0.0385. The maximum atomic E-state index is 14.6. The van der Waals surface area contributed by atoms with Crippen LogP contribution in [0.4, 0.5) is 14.9 Å². The van der Waals surface area contributed by atoms with E-state index in [0.29, 0.717) is 37.7 Å². The number of aryl methyl sites for hydroxylation is 1. The zero-order chi connectivity index (χ0) is 41.0. The first-order valence-corrected chi connectivity index (χ1v) is 19.8. The number of esters is 1. The van der Waals surface area contributed by atoms with Crippen LogP contribution in [0.3, 0.4) is 0 Å². The first kappa shape index (κ1) is 41.4. The molecule has 4 saturated heterocycles. The molecule has 0 aliphatic carbocycles. The number of nitrogens with zero attached hydrogens (tertiary/aromatic N) is 3. The van der Waals surface area contributed by atoms with E-state index in [0.717, 1.165) is 11.6 Å². The fourth-order valence-corrected chi connectivity index (χ4v) is 8.34. The van der Waals surface area contributed by atoms with E-state index in [2.05, 4.69) is 21.3 Å². The van der Waals surface area contributed by atoms with Crippen molar-refractivity contribution in [2.75, 3.05) is 31.6 Å².